The van der Waals surface area contributed by atoms with Gasteiger partial charge >= 0.3 is 5.97 Å². The van der Waals surface area contributed by atoms with Crippen molar-refractivity contribution in [3.8, 4) is 0 Å². The number of benzene rings is 1. The van der Waals surface area contributed by atoms with Gasteiger partial charge in [-0.05, 0) is 40.8 Å². The Hall–Kier alpha value is -0.850. The topological polar surface area (TPSA) is 94.9 Å². The van der Waals surface area contributed by atoms with Crippen molar-refractivity contribution in [3.63, 3.8) is 0 Å². The van der Waals surface area contributed by atoms with Gasteiger partial charge in [-0.2, -0.15) is 4.31 Å². The van der Waals surface area contributed by atoms with Crippen molar-refractivity contribution in [3.05, 3.63) is 27.3 Å². The molecule has 0 radical (unpaired) electrons. The van der Waals surface area contributed by atoms with Gasteiger partial charge in [-0.25, -0.2) is 22.0 Å². The van der Waals surface area contributed by atoms with Crippen LogP contribution in [0, 0.1) is 3.57 Å². The second-order valence-corrected chi connectivity index (χ2v) is 7.02. The molecule has 0 aromatic heterocycles. The van der Waals surface area contributed by atoms with E-state index in [0.717, 1.165) is 12.1 Å². The van der Waals surface area contributed by atoms with Crippen LogP contribution in [0.15, 0.2) is 23.1 Å². The minimum Gasteiger partial charge on any atom is -0.478 e. The Morgan fingerprint density at radius 2 is 2.00 bits per heavy atom. The molecule has 0 bridgehead atoms. The second kappa shape index (κ2) is 7.42. The van der Waals surface area contributed by atoms with Crippen LogP contribution >= 0.6 is 22.6 Å². The number of aromatic carboxylic acids is 1. The summed E-state index contributed by atoms with van der Waals surface area (Å²) in [4.78, 5) is 10.6. The van der Waals surface area contributed by atoms with Crippen molar-refractivity contribution >= 4 is 38.6 Å². The van der Waals surface area contributed by atoms with Crippen molar-refractivity contribution in [2.75, 3.05) is 19.7 Å². The highest BCUT2D eigenvalue weighted by Crippen LogP contribution is 2.21. The highest BCUT2D eigenvalue weighted by Gasteiger charge is 2.28. The zero-order chi connectivity index (χ0) is 16.2. The molecule has 0 aliphatic carbocycles. The number of aliphatic hydroxyl groups is 1. The lowest BCUT2D eigenvalue weighted by Crippen LogP contribution is -2.37. The zero-order valence-electron chi connectivity index (χ0n) is 10.5. The summed E-state index contributed by atoms with van der Waals surface area (Å²) < 4.78 is 50.1. The molecule has 1 aromatic carbocycles. The van der Waals surface area contributed by atoms with E-state index in [2.05, 4.69) is 0 Å². The summed E-state index contributed by atoms with van der Waals surface area (Å²) in [6.07, 6.45) is -2.91. The van der Waals surface area contributed by atoms with E-state index >= 15 is 0 Å². The average molecular weight is 435 g/mol. The minimum absolute atomic E-state index is 0.238. The number of halogens is 3. The van der Waals surface area contributed by atoms with E-state index in [1.54, 1.807) is 22.6 Å². The monoisotopic (exact) mass is 435 g/mol. The van der Waals surface area contributed by atoms with Crippen LogP contribution < -0.4 is 0 Å². The van der Waals surface area contributed by atoms with Crippen LogP contribution in [0.5, 0.6) is 0 Å². The van der Waals surface area contributed by atoms with Crippen LogP contribution in [0.1, 0.15) is 10.4 Å². The number of carboxylic acids is 1. The van der Waals surface area contributed by atoms with E-state index in [-0.39, 0.29) is 5.56 Å². The maximum Gasteiger partial charge on any atom is 0.336 e. The summed E-state index contributed by atoms with van der Waals surface area (Å²) in [7, 11) is -4.30. The third-order valence-electron chi connectivity index (χ3n) is 2.50. The minimum atomic E-state index is -4.30. The first-order valence-electron chi connectivity index (χ1n) is 5.62. The highest BCUT2D eigenvalue weighted by molar-refractivity contribution is 14.1. The number of hydrogen-bond donors (Lipinski definition) is 2. The molecule has 0 aliphatic rings. The number of alkyl halides is 2. The van der Waals surface area contributed by atoms with E-state index in [0.29, 0.717) is 7.88 Å². The third kappa shape index (κ3) is 4.56. The maximum atomic E-state index is 12.4. The second-order valence-electron chi connectivity index (χ2n) is 3.92. The molecule has 2 N–H and O–H groups in total. The zero-order valence-corrected chi connectivity index (χ0v) is 13.5. The fourth-order valence-corrected chi connectivity index (χ4v) is 3.55. The molecule has 1 aromatic rings. The lowest BCUT2D eigenvalue weighted by Gasteiger charge is -2.21. The van der Waals surface area contributed by atoms with Gasteiger partial charge < -0.3 is 10.2 Å². The Balaban J connectivity index is 3.27. The van der Waals surface area contributed by atoms with Crippen molar-refractivity contribution in [1.82, 2.24) is 4.31 Å². The van der Waals surface area contributed by atoms with Gasteiger partial charge in [0.25, 0.3) is 6.43 Å². The van der Waals surface area contributed by atoms with Crippen LogP contribution in [0.25, 0.3) is 0 Å². The Labute approximate surface area is 133 Å². The standard InChI is InChI=1S/C11H12F2INO5S/c12-10(13)6-15(3-4-16)21(19,20)7-1-2-9(14)8(5-7)11(17)18/h1-2,5,10,16H,3-4,6H2,(H,17,18). The molecule has 0 atom stereocenters. The smallest absolute Gasteiger partial charge is 0.336 e. The summed E-state index contributed by atoms with van der Waals surface area (Å²) in [5, 5.41) is 17.8. The summed E-state index contributed by atoms with van der Waals surface area (Å²) in [6, 6.07) is 3.32. The fourth-order valence-electron chi connectivity index (χ4n) is 1.55. The lowest BCUT2D eigenvalue weighted by atomic mass is 10.2. The summed E-state index contributed by atoms with van der Waals surface area (Å²) in [5.74, 6) is -1.32. The molecule has 0 unspecified atom stereocenters. The number of carbonyl (C=O) groups is 1. The highest BCUT2D eigenvalue weighted by atomic mass is 127. The molecule has 21 heavy (non-hydrogen) atoms. The van der Waals surface area contributed by atoms with Gasteiger partial charge in [0.1, 0.15) is 0 Å². The quantitative estimate of drug-likeness (QED) is 0.629. The summed E-state index contributed by atoms with van der Waals surface area (Å²) >= 11 is 1.73. The predicted molar refractivity (Wildman–Crippen MR) is 78.0 cm³/mol. The van der Waals surface area contributed by atoms with Gasteiger partial charge in [0.05, 0.1) is 23.6 Å². The van der Waals surface area contributed by atoms with Crippen LogP contribution in [0.4, 0.5) is 8.78 Å². The van der Waals surface area contributed by atoms with E-state index in [1.165, 1.54) is 6.07 Å². The van der Waals surface area contributed by atoms with E-state index in [4.69, 9.17) is 10.2 Å². The molecule has 0 saturated heterocycles. The predicted octanol–water partition coefficient (Wildman–Crippen LogP) is 1.24. The van der Waals surface area contributed by atoms with Gasteiger partial charge in [-0.15, -0.1) is 0 Å². The molecule has 10 heteroatoms. The molecule has 0 spiro atoms. The molecule has 0 saturated carbocycles. The average Bonchev–Trinajstić information content (AvgIpc) is 2.37. The first kappa shape index (κ1) is 18.2. The number of aliphatic hydroxyl groups excluding tert-OH is 1. The first-order chi connectivity index (χ1) is 9.70. The number of sulfonamides is 1. The van der Waals surface area contributed by atoms with Gasteiger partial charge in [-0.1, -0.05) is 0 Å². The fraction of sp³-hybridized carbons (Fsp3) is 0.364. The van der Waals surface area contributed by atoms with Crippen molar-refractivity contribution < 1.29 is 32.2 Å². The number of carboxylic acid groups (broad SMARTS) is 1. The van der Waals surface area contributed by atoms with Crippen molar-refractivity contribution in [2.45, 2.75) is 11.3 Å². The normalized spacial score (nSPS) is 12.1. The molecule has 6 nitrogen and oxygen atoms in total. The van der Waals surface area contributed by atoms with Gasteiger partial charge in [0.15, 0.2) is 0 Å². The molecular weight excluding hydrogens is 423 g/mol. The van der Waals surface area contributed by atoms with Crippen LogP contribution in [0.3, 0.4) is 0 Å². The lowest BCUT2D eigenvalue weighted by molar-refractivity contribution is 0.0695. The largest absolute Gasteiger partial charge is 0.478 e. The molecular formula is C11H12F2INO5S. The maximum absolute atomic E-state index is 12.4. The summed E-state index contributed by atoms with van der Waals surface area (Å²) in [5.41, 5.74) is -0.238. The van der Waals surface area contributed by atoms with E-state index in [9.17, 15) is 22.0 Å². The summed E-state index contributed by atoms with van der Waals surface area (Å²) in [6.45, 7) is -2.19. The van der Waals surface area contributed by atoms with Crippen LogP contribution in [-0.2, 0) is 10.0 Å². The number of rotatable bonds is 7. The molecule has 1 rings (SSSR count). The number of nitrogens with zero attached hydrogens (tertiary/aromatic N) is 1. The Kier molecular flexibility index (Phi) is 6.43. The molecule has 0 amide bonds. The third-order valence-corrected chi connectivity index (χ3v) is 5.30. The van der Waals surface area contributed by atoms with Crippen LogP contribution in [-0.4, -0.2) is 55.0 Å². The van der Waals surface area contributed by atoms with Gasteiger partial charge in [0, 0.05) is 10.1 Å². The Morgan fingerprint density at radius 3 is 2.48 bits per heavy atom. The van der Waals surface area contributed by atoms with Crippen molar-refractivity contribution in [1.29, 1.82) is 0 Å². The van der Waals surface area contributed by atoms with E-state index in [1.807, 2.05) is 0 Å². The molecule has 0 heterocycles. The molecule has 0 aliphatic heterocycles. The van der Waals surface area contributed by atoms with Crippen molar-refractivity contribution in [2.24, 2.45) is 0 Å². The SMILES string of the molecule is O=C(O)c1cc(S(=O)(=O)N(CCO)CC(F)F)ccc1I. The number of hydrogen-bond acceptors (Lipinski definition) is 4. The molecule has 0 fully saturated rings. The first-order valence-corrected chi connectivity index (χ1v) is 8.14. The van der Waals surface area contributed by atoms with Gasteiger partial charge in [0.2, 0.25) is 10.0 Å². The molecule has 118 valence electrons. The van der Waals surface area contributed by atoms with E-state index < -0.39 is 47.0 Å². The Morgan fingerprint density at radius 1 is 1.38 bits per heavy atom. The van der Waals surface area contributed by atoms with Gasteiger partial charge in [-0.3, -0.25) is 0 Å². The van der Waals surface area contributed by atoms with Crippen LogP contribution in [0.2, 0.25) is 0 Å². The Bertz CT molecular complexity index is 623.